The molecule has 0 fully saturated rings. The summed E-state index contributed by atoms with van der Waals surface area (Å²) in [5, 5.41) is 6.49. The largest absolute Gasteiger partial charge is 0.496 e. The van der Waals surface area contributed by atoms with Gasteiger partial charge in [0.25, 0.3) is 0 Å². The average Bonchev–Trinajstić information content (AvgIpc) is 2.35. The summed E-state index contributed by atoms with van der Waals surface area (Å²) in [5.41, 5.74) is 0.802. The number of carbonyl (C=O) groups is 1. The number of nitrogens with one attached hydrogen (secondary N) is 2. The Bertz CT molecular complexity index is 400. The van der Waals surface area contributed by atoms with E-state index in [0.717, 1.165) is 18.5 Å². The summed E-state index contributed by atoms with van der Waals surface area (Å²) >= 11 is 5.91. The van der Waals surface area contributed by atoms with Crippen molar-refractivity contribution < 1.29 is 9.53 Å². The highest BCUT2D eigenvalue weighted by Gasteiger charge is 2.08. The maximum atomic E-state index is 11.7. The van der Waals surface area contributed by atoms with Crippen LogP contribution in [0.1, 0.15) is 12.0 Å². The van der Waals surface area contributed by atoms with Crippen LogP contribution in [0.4, 0.5) is 0 Å². The summed E-state index contributed by atoms with van der Waals surface area (Å²) in [6.45, 7) is 1.56. The molecule has 0 heterocycles. The first-order valence-electron chi connectivity index (χ1n) is 5.91. The monoisotopic (exact) mass is 306 g/mol. The van der Waals surface area contributed by atoms with Crippen LogP contribution in [0.3, 0.4) is 0 Å². The van der Waals surface area contributed by atoms with Crippen LogP contribution in [0.25, 0.3) is 0 Å². The van der Waals surface area contributed by atoms with Crippen LogP contribution in [0, 0.1) is 0 Å². The number of ether oxygens (including phenoxy) is 1. The van der Waals surface area contributed by atoms with E-state index in [0.29, 0.717) is 17.3 Å². The fraction of sp³-hybridized carbons (Fsp3) is 0.462. The molecule has 6 heteroatoms. The van der Waals surface area contributed by atoms with Crippen molar-refractivity contribution in [2.45, 2.75) is 12.8 Å². The van der Waals surface area contributed by atoms with Crippen LogP contribution in [-0.2, 0) is 11.2 Å². The first kappa shape index (κ1) is 18.0. The maximum absolute atomic E-state index is 11.7. The highest BCUT2D eigenvalue weighted by molar-refractivity contribution is 6.30. The topological polar surface area (TPSA) is 50.4 Å². The van der Waals surface area contributed by atoms with Gasteiger partial charge in [0.1, 0.15) is 5.75 Å². The van der Waals surface area contributed by atoms with Crippen molar-refractivity contribution in [1.29, 1.82) is 0 Å². The van der Waals surface area contributed by atoms with Gasteiger partial charge in [-0.2, -0.15) is 0 Å². The summed E-state index contributed by atoms with van der Waals surface area (Å²) in [7, 11) is 3.47. The smallest absolute Gasteiger partial charge is 0.224 e. The van der Waals surface area contributed by atoms with E-state index in [1.807, 2.05) is 7.05 Å². The van der Waals surface area contributed by atoms with Crippen molar-refractivity contribution in [3.05, 3.63) is 28.8 Å². The Kier molecular flexibility index (Phi) is 9.39. The summed E-state index contributed by atoms with van der Waals surface area (Å²) in [6.07, 6.45) is 1.19. The van der Waals surface area contributed by atoms with E-state index in [-0.39, 0.29) is 24.7 Å². The van der Waals surface area contributed by atoms with E-state index in [4.69, 9.17) is 16.3 Å². The van der Waals surface area contributed by atoms with Crippen molar-refractivity contribution in [3.8, 4) is 5.75 Å². The van der Waals surface area contributed by atoms with Crippen LogP contribution in [0.2, 0.25) is 5.02 Å². The molecule has 108 valence electrons. The third kappa shape index (κ3) is 6.66. The third-order valence-electron chi connectivity index (χ3n) is 2.52. The van der Waals surface area contributed by atoms with E-state index >= 15 is 0 Å². The van der Waals surface area contributed by atoms with E-state index in [2.05, 4.69) is 10.6 Å². The molecule has 0 unspecified atom stereocenters. The molecule has 0 aliphatic rings. The average molecular weight is 307 g/mol. The summed E-state index contributed by atoms with van der Waals surface area (Å²) in [6, 6.07) is 5.27. The minimum Gasteiger partial charge on any atom is -0.496 e. The van der Waals surface area contributed by atoms with Gasteiger partial charge in [0.05, 0.1) is 13.5 Å². The Balaban J connectivity index is 0.00000324. The van der Waals surface area contributed by atoms with Crippen LogP contribution >= 0.6 is 24.0 Å². The number of carbonyl (C=O) groups excluding carboxylic acids is 1. The molecule has 2 N–H and O–H groups in total. The maximum Gasteiger partial charge on any atom is 0.224 e. The van der Waals surface area contributed by atoms with Crippen molar-refractivity contribution in [1.82, 2.24) is 10.6 Å². The number of methoxy groups -OCH3 is 1. The van der Waals surface area contributed by atoms with Gasteiger partial charge in [0, 0.05) is 17.1 Å². The van der Waals surface area contributed by atoms with Crippen molar-refractivity contribution >= 4 is 29.9 Å². The van der Waals surface area contributed by atoms with Gasteiger partial charge in [-0.3, -0.25) is 4.79 Å². The molecular weight excluding hydrogens is 287 g/mol. The quantitative estimate of drug-likeness (QED) is 0.758. The standard InChI is InChI=1S/C13H19ClN2O2.ClH/c1-15-6-3-7-16-13(17)9-10-8-11(14)4-5-12(10)18-2;/h4-5,8,15H,3,6-7,9H2,1-2H3,(H,16,17);1H. The Morgan fingerprint density at radius 3 is 2.74 bits per heavy atom. The highest BCUT2D eigenvalue weighted by Crippen LogP contribution is 2.22. The molecule has 0 aromatic heterocycles. The van der Waals surface area contributed by atoms with Crippen molar-refractivity contribution in [2.24, 2.45) is 0 Å². The third-order valence-corrected chi connectivity index (χ3v) is 2.75. The zero-order valence-electron chi connectivity index (χ0n) is 11.2. The molecule has 1 aromatic rings. The molecule has 1 rings (SSSR count). The van der Waals surface area contributed by atoms with Gasteiger partial charge in [-0.05, 0) is 38.2 Å². The highest BCUT2D eigenvalue weighted by atomic mass is 35.5. The molecule has 0 spiro atoms. The molecule has 0 saturated heterocycles. The second kappa shape index (κ2) is 9.89. The lowest BCUT2D eigenvalue weighted by atomic mass is 10.1. The molecule has 0 atom stereocenters. The second-order valence-corrected chi connectivity index (χ2v) is 4.38. The fourth-order valence-corrected chi connectivity index (χ4v) is 1.81. The first-order valence-corrected chi connectivity index (χ1v) is 6.29. The normalized spacial score (nSPS) is 9.63. The molecule has 0 aliphatic carbocycles. The minimum atomic E-state index is -0.0216. The van der Waals surface area contributed by atoms with E-state index in [1.165, 1.54) is 0 Å². The van der Waals surface area contributed by atoms with Gasteiger partial charge < -0.3 is 15.4 Å². The fourth-order valence-electron chi connectivity index (χ4n) is 1.61. The first-order chi connectivity index (χ1) is 8.67. The van der Waals surface area contributed by atoms with Gasteiger partial charge in [-0.25, -0.2) is 0 Å². The van der Waals surface area contributed by atoms with Gasteiger partial charge in [0.2, 0.25) is 5.91 Å². The zero-order chi connectivity index (χ0) is 13.4. The second-order valence-electron chi connectivity index (χ2n) is 3.94. The molecule has 0 saturated carbocycles. The van der Waals surface area contributed by atoms with Crippen molar-refractivity contribution in [3.63, 3.8) is 0 Å². The summed E-state index contributed by atoms with van der Waals surface area (Å²) in [4.78, 5) is 11.7. The molecule has 1 aromatic carbocycles. The molecular formula is C13H20Cl2N2O2. The molecule has 0 bridgehead atoms. The summed E-state index contributed by atoms with van der Waals surface area (Å²) < 4.78 is 5.20. The molecule has 0 aliphatic heterocycles. The van der Waals surface area contributed by atoms with Crippen LogP contribution in [0.5, 0.6) is 5.75 Å². The van der Waals surface area contributed by atoms with Crippen LogP contribution in [-0.4, -0.2) is 33.2 Å². The van der Waals surface area contributed by atoms with Crippen LogP contribution < -0.4 is 15.4 Å². The summed E-state index contributed by atoms with van der Waals surface area (Å²) in [5.74, 6) is 0.663. The molecule has 0 radical (unpaired) electrons. The lowest BCUT2D eigenvalue weighted by Gasteiger charge is -2.09. The minimum absolute atomic E-state index is 0. The molecule has 4 nitrogen and oxygen atoms in total. The Hall–Kier alpha value is -0.970. The number of hydrogen-bond acceptors (Lipinski definition) is 3. The molecule has 1 amide bonds. The van der Waals surface area contributed by atoms with E-state index in [9.17, 15) is 4.79 Å². The molecule has 19 heavy (non-hydrogen) atoms. The lowest BCUT2D eigenvalue weighted by Crippen LogP contribution is -2.28. The number of benzene rings is 1. The lowest BCUT2D eigenvalue weighted by molar-refractivity contribution is -0.120. The number of hydrogen-bond donors (Lipinski definition) is 2. The van der Waals surface area contributed by atoms with Gasteiger partial charge in [-0.1, -0.05) is 11.6 Å². The number of rotatable bonds is 7. The van der Waals surface area contributed by atoms with E-state index in [1.54, 1.807) is 25.3 Å². The van der Waals surface area contributed by atoms with Crippen LogP contribution in [0.15, 0.2) is 18.2 Å². The van der Waals surface area contributed by atoms with Gasteiger partial charge >= 0.3 is 0 Å². The van der Waals surface area contributed by atoms with Gasteiger partial charge in [0.15, 0.2) is 0 Å². The van der Waals surface area contributed by atoms with Crippen molar-refractivity contribution in [2.75, 3.05) is 27.2 Å². The predicted octanol–water partition coefficient (Wildman–Crippen LogP) is 2.04. The Morgan fingerprint density at radius 2 is 2.11 bits per heavy atom. The zero-order valence-corrected chi connectivity index (χ0v) is 12.7. The number of halogens is 2. The van der Waals surface area contributed by atoms with Gasteiger partial charge in [-0.15, -0.1) is 12.4 Å². The Morgan fingerprint density at radius 1 is 1.37 bits per heavy atom. The predicted molar refractivity (Wildman–Crippen MR) is 80.5 cm³/mol. The SMILES string of the molecule is CNCCCNC(=O)Cc1cc(Cl)ccc1OC.Cl. The number of amides is 1. The van der Waals surface area contributed by atoms with E-state index < -0.39 is 0 Å². The Labute approximate surface area is 125 Å².